The highest BCUT2D eigenvalue weighted by Crippen LogP contribution is 2.34. The van der Waals surface area contributed by atoms with Gasteiger partial charge in [0.1, 0.15) is 17.6 Å². The molecular weight excluding hydrogens is 392 g/mol. The van der Waals surface area contributed by atoms with E-state index in [9.17, 15) is 0 Å². The van der Waals surface area contributed by atoms with Crippen LogP contribution in [0.2, 0.25) is 5.02 Å². The molecule has 29 heavy (non-hydrogen) atoms. The van der Waals surface area contributed by atoms with E-state index >= 15 is 0 Å². The van der Waals surface area contributed by atoms with Crippen LogP contribution in [-0.4, -0.2) is 39.2 Å². The maximum absolute atomic E-state index is 8.36. The van der Waals surface area contributed by atoms with Gasteiger partial charge in [-0.05, 0) is 43.7 Å². The summed E-state index contributed by atoms with van der Waals surface area (Å²) in [6, 6.07) is 13.7. The third-order valence-electron chi connectivity index (χ3n) is 4.64. The average Bonchev–Trinajstić information content (AvgIpc) is 3.04. The number of carbonyl (C=O) groups is 1. The molecule has 1 aliphatic heterocycles. The summed E-state index contributed by atoms with van der Waals surface area (Å²) < 4.78 is 7.55. The number of ether oxygens (including phenoxy) is 1. The molecule has 0 saturated carbocycles. The van der Waals surface area contributed by atoms with E-state index in [4.69, 9.17) is 31.2 Å². The van der Waals surface area contributed by atoms with Crippen LogP contribution in [0.5, 0.6) is 5.75 Å². The van der Waals surface area contributed by atoms with Gasteiger partial charge >= 0.3 is 0 Å². The fourth-order valence-corrected chi connectivity index (χ4v) is 3.44. The van der Waals surface area contributed by atoms with E-state index in [1.807, 2.05) is 49.4 Å². The SMILES string of the molecule is CC[C@H]1N=C(c2ccc(Cl)cc2)c2cc(OC)ccc2-n2c(C)nnc21.O=CO. The third-order valence-corrected chi connectivity index (χ3v) is 4.89. The number of carboxylic acid groups (broad SMARTS) is 1. The third kappa shape index (κ3) is 4.00. The van der Waals surface area contributed by atoms with Gasteiger partial charge in [-0.15, -0.1) is 10.2 Å². The van der Waals surface area contributed by atoms with E-state index in [-0.39, 0.29) is 12.5 Å². The smallest absolute Gasteiger partial charge is 0.290 e. The van der Waals surface area contributed by atoms with Crippen LogP contribution in [0, 0.1) is 6.92 Å². The second kappa shape index (κ2) is 8.87. The van der Waals surface area contributed by atoms with Crippen LogP contribution in [-0.2, 0) is 4.79 Å². The minimum atomic E-state index is -0.250. The molecule has 4 rings (SSSR count). The molecule has 150 valence electrons. The van der Waals surface area contributed by atoms with Crippen molar-refractivity contribution in [1.82, 2.24) is 14.8 Å². The zero-order valence-corrected chi connectivity index (χ0v) is 17.1. The van der Waals surface area contributed by atoms with Gasteiger partial charge in [-0.3, -0.25) is 14.4 Å². The Balaban J connectivity index is 0.000000755. The number of benzene rings is 2. The van der Waals surface area contributed by atoms with Crippen molar-refractivity contribution in [1.29, 1.82) is 0 Å². The molecule has 0 amide bonds. The molecule has 8 heteroatoms. The Morgan fingerprint density at radius 1 is 1.21 bits per heavy atom. The first-order valence-corrected chi connectivity index (χ1v) is 9.44. The molecule has 2 aromatic carbocycles. The quantitative estimate of drug-likeness (QED) is 0.650. The number of aromatic nitrogens is 3. The highest BCUT2D eigenvalue weighted by atomic mass is 35.5. The molecular formula is C21H21ClN4O3. The number of halogens is 1. The normalized spacial score (nSPS) is 14.5. The van der Waals surface area contributed by atoms with Gasteiger partial charge in [0.2, 0.25) is 0 Å². The number of methoxy groups -OCH3 is 1. The number of rotatable bonds is 3. The molecule has 0 fully saturated rings. The van der Waals surface area contributed by atoms with E-state index in [0.29, 0.717) is 5.02 Å². The van der Waals surface area contributed by atoms with Crippen molar-refractivity contribution in [2.24, 2.45) is 4.99 Å². The lowest BCUT2D eigenvalue weighted by molar-refractivity contribution is -0.122. The Bertz CT molecular complexity index is 1040. The minimum absolute atomic E-state index is 0.0692. The van der Waals surface area contributed by atoms with Crippen molar-refractivity contribution >= 4 is 23.8 Å². The van der Waals surface area contributed by atoms with Crippen LogP contribution in [0.3, 0.4) is 0 Å². The van der Waals surface area contributed by atoms with E-state index in [1.54, 1.807) is 7.11 Å². The second-order valence-corrected chi connectivity index (χ2v) is 6.77. The highest BCUT2D eigenvalue weighted by Gasteiger charge is 2.27. The molecule has 0 saturated heterocycles. The van der Waals surface area contributed by atoms with Gasteiger partial charge in [0.25, 0.3) is 6.47 Å². The van der Waals surface area contributed by atoms with E-state index in [2.05, 4.69) is 21.7 Å². The second-order valence-electron chi connectivity index (χ2n) is 6.34. The van der Waals surface area contributed by atoms with Gasteiger partial charge in [-0.1, -0.05) is 30.7 Å². The van der Waals surface area contributed by atoms with Crippen molar-refractivity contribution in [2.75, 3.05) is 7.11 Å². The molecule has 1 N–H and O–H groups in total. The molecule has 0 unspecified atom stereocenters. The standard InChI is InChI=1S/C20H19ClN4O.CH2O2/c1-4-17-20-24-23-12(2)25(20)18-10-9-15(26-3)11-16(18)19(22-17)13-5-7-14(21)8-6-13;2-1-3/h5-11,17H,4H2,1-3H3;1H,(H,2,3)/t17-;/m1./s1. The Morgan fingerprint density at radius 3 is 2.52 bits per heavy atom. The van der Waals surface area contributed by atoms with E-state index in [1.165, 1.54) is 0 Å². The maximum atomic E-state index is 8.36. The maximum Gasteiger partial charge on any atom is 0.290 e. The number of nitrogens with zero attached hydrogens (tertiary/aromatic N) is 4. The summed E-state index contributed by atoms with van der Waals surface area (Å²) in [5, 5.41) is 16.3. The predicted octanol–water partition coefficient (Wildman–Crippen LogP) is 4.24. The summed E-state index contributed by atoms with van der Waals surface area (Å²) in [4.78, 5) is 13.4. The number of hydrogen-bond donors (Lipinski definition) is 1. The molecule has 0 radical (unpaired) electrons. The van der Waals surface area contributed by atoms with Crippen LogP contribution < -0.4 is 4.74 Å². The lowest BCUT2D eigenvalue weighted by Gasteiger charge is -2.14. The van der Waals surface area contributed by atoms with Crippen LogP contribution in [0.1, 0.15) is 42.2 Å². The zero-order chi connectivity index (χ0) is 21.0. The summed E-state index contributed by atoms with van der Waals surface area (Å²) in [6.45, 7) is 3.82. The molecule has 2 heterocycles. The topological polar surface area (TPSA) is 89.6 Å². The molecule has 0 bridgehead atoms. The van der Waals surface area contributed by atoms with Crippen molar-refractivity contribution in [2.45, 2.75) is 26.3 Å². The molecule has 1 aliphatic rings. The van der Waals surface area contributed by atoms with Gasteiger partial charge in [0.05, 0.1) is 18.5 Å². The fraction of sp³-hybridized carbons (Fsp3) is 0.238. The number of aliphatic imine (C=N–C) groups is 1. The van der Waals surface area contributed by atoms with Gasteiger partial charge in [-0.2, -0.15) is 0 Å². The molecule has 0 aliphatic carbocycles. The Hall–Kier alpha value is -3.19. The largest absolute Gasteiger partial charge is 0.497 e. The number of fused-ring (bicyclic) bond motifs is 3. The molecule has 3 aromatic rings. The summed E-state index contributed by atoms with van der Waals surface area (Å²) >= 11 is 6.08. The van der Waals surface area contributed by atoms with Crippen LogP contribution in [0.4, 0.5) is 0 Å². The monoisotopic (exact) mass is 412 g/mol. The average molecular weight is 413 g/mol. The van der Waals surface area contributed by atoms with E-state index in [0.717, 1.165) is 46.3 Å². The summed E-state index contributed by atoms with van der Waals surface area (Å²) in [7, 11) is 1.67. The van der Waals surface area contributed by atoms with Gasteiger partial charge in [-0.25, -0.2) is 0 Å². The number of aryl methyl sites for hydroxylation is 1. The van der Waals surface area contributed by atoms with Crippen molar-refractivity contribution < 1.29 is 14.6 Å². The predicted molar refractivity (Wildman–Crippen MR) is 111 cm³/mol. The first-order chi connectivity index (χ1) is 14.0. The lowest BCUT2D eigenvalue weighted by atomic mass is 10.00. The van der Waals surface area contributed by atoms with Gasteiger partial charge in [0, 0.05) is 16.1 Å². The number of hydrogen-bond acceptors (Lipinski definition) is 5. The van der Waals surface area contributed by atoms with Gasteiger partial charge < -0.3 is 9.84 Å². The van der Waals surface area contributed by atoms with Crippen LogP contribution in [0.15, 0.2) is 47.5 Å². The first-order valence-electron chi connectivity index (χ1n) is 9.06. The lowest BCUT2D eigenvalue weighted by Crippen LogP contribution is -2.08. The van der Waals surface area contributed by atoms with Crippen molar-refractivity contribution in [3.8, 4) is 11.4 Å². The van der Waals surface area contributed by atoms with Crippen molar-refractivity contribution in [3.63, 3.8) is 0 Å². The molecule has 0 spiro atoms. The van der Waals surface area contributed by atoms with Gasteiger partial charge in [0.15, 0.2) is 5.82 Å². The minimum Gasteiger partial charge on any atom is -0.497 e. The van der Waals surface area contributed by atoms with Crippen LogP contribution in [0.25, 0.3) is 5.69 Å². The Labute approximate surface area is 173 Å². The molecule has 1 atom stereocenters. The summed E-state index contributed by atoms with van der Waals surface area (Å²) in [6.07, 6.45) is 0.834. The van der Waals surface area contributed by atoms with Crippen LogP contribution >= 0.6 is 11.6 Å². The zero-order valence-electron chi connectivity index (χ0n) is 16.3. The van der Waals surface area contributed by atoms with Crippen molar-refractivity contribution in [3.05, 3.63) is 70.3 Å². The Kier molecular flexibility index (Phi) is 6.29. The summed E-state index contributed by atoms with van der Waals surface area (Å²) in [5.41, 5.74) is 3.92. The highest BCUT2D eigenvalue weighted by molar-refractivity contribution is 6.30. The summed E-state index contributed by atoms with van der Waals surface area (Å²) in [5.74, 6) is 2.49. The first kappa shape index (κ1) is 20.5. The Morgan fingerprint density at radius 2 is 1.90 bits per heavy atom. The molecule has 1 aromatic heterocycles. The molecule has 7 nitrogen and oxygen atoms in total. The fourth-order valence-electron chi connectivity index (χ4n) is 3.31. The van der Waals surface area contributed by atoms with E-state index < -0.39 is 0 Å².